The van der Waals surface area contributed by atoms with Crippen molar-refractivity contribution in [1.82, 2.24) is 0 Å². The van der Waals surface area contributed by atoms with E-state index in [1.165, 1.54) is 6.26 Å². The summed E-state index contributed by atoms with van der Waals surface area (Å²) in [4.78, 5) is 12.1. The van der Waals surface area contributed by atoms with Gasteiger partial charge in [-0.05, 0) is 24.6 Å². The van der Waals surface area contributed by atoms with Gasteiger partial charge in [0.2, 0.25) is 5.78 Å². The van der Waals surface area contributed by atoms with E-state index < -0.39 is 23.3 Å². The molecule has 1 atom stereocenters. The molecule has 0 radical (unpaired) electrons. The third-order valence-corrected chi connectivity index (χ3v) is 2.75. The van der Waals surface area contributed by atoms with E-state index in [1.807, 2.05) is 0 Å². The Bertz CT molecular complexity index is 670. The van der Waals surface area contributed by atoms with Gasteiger partial charge in [0.25, 0.3) is 0 Å². The number of hydrogen-bond donors (Lipinski definition) is 0. The quantitative estimate of drug-likeness (QED) is 0.796. The molecule has 5 heteroatoms. The van der Waals surface area contributed by atoms with Crippen molar-refractivity contribution in [2.75, 3.05) is 0 Å². The van der Waals surface area contributed by atoms with Crippen molar-refractivity contribution < 1.29 is 18.0 Å². The highest BCUT2D eigenvalue weighted by atomic mass is 19.1. The number of nitrogens with zero attached hydrogens (tertiary/aromatic N) is 1. The lowest BCUT2D eigenvalue weighted by Gasteiger charge is -2.08. The van der Waals surface area contributed by atoms with Crippen LogP contribution in [-0.2, 0) is 0 Å². The summed E-state index contributed by atoms with van der Waals surface area (Å²) >= 11 is 0. The summed E-state index contributed by atoms with van der Waals surface area (Å²) < 4.78 is 31.4. The zero-order chi connectivity index (χ0) is 14.0. The van der Waals surface area contributed by atoms with Crippen molar-refractivity contribution in [1.29, 1.82) is 5.26 Å². The predicted molar refractivity (Wildman–Crippen MR) is 62.5 cm³/mol. The number of benzene rings is 1. The smallest absolute Gasteiger partial charge is 0.219 e. The fourth-order valence-corrected chi connectivity index (χ4v) is 1.76. The molecule has 0 aliphatic rings. The van der Waals surface area contributed by atoms with Crippen LogP contribution >= 0.6 is 0 Å². The molecule has 0 spiro atoms. The van der Waals surface area contributed by atoms with Gasteiger partial charge in [0.05, 0.1) is 12.3 Å². The molecule has 19 heavy (non-hydrogen) atoms. The van der Waals surface area contributed by atoms with E-state index in [4.69, 9.17) is 9.68 Å². The molecule has 96 valence electrons. The second-order valence-electron chi connectivity index (χ2n) is 4.02. The van der Waals surface area contributed by atoms with Gasteiger partial charge in [0.15, 0.2) is 5.76 Å². The monoisotopic (exact) mass is 261 g/mol. The lowest BCUT2D eigenvalue weighted by Crippen LogP contribution is -2.13. The van der Waals surface area contributed by atoms with Gasteiger partial charge in [0, 0.05) is 11.6 Å². The second-order valence-corrected chi connectivity index (χ2v) is 4.02. The number of halogens is 2. The van der Waals surface area contributed by atoms with Crippen LogP contribution in [0.2, 0.25) is 0 Å². The molecule has 0 saturated carbocycles. The van der Waals surface area contributed by atoms with Crippen LogP contribution < -0.4 is 0 Å². The topological polar surface area (TPSA) is 54.0 Å². The van der Waals surface area contributed by atoms with E-state index in [2.05, 4.69) is 0 Å². The highest BCUT2D eigenvalue weighted by Gasteiger charge is 2.28. The van der Waals surface area contributed by atoms with E-state index in [0.29, 0.717) is 11.6 Å². The molecule has 0 aliphatic heterocycles. The third-order valence-electron chi connectivity index (χ3n) is 2.75. The Kier molecular flexibility index (Phi) is 3.43. The van der Waals surface area contributed by atoms with Gasteiger partial charge in [-0.25, -0.2) is 8.78 Å². The minimum atomic E-state index is -1.36. The number of aryl methyl sites for hydroxylation is 1. The molecule has 0 amide bonds. The number of carbonyl (C=O) groups is 1. The van der Waals surface area contributed by atoms with Crippen LogP contribution in [0.3, 0.4) is 0 Å². The Morgan fingerprint density at radius 1 is 1.37 bits per heavy atom. The van der Waals surface area contributed by atoms with Gasteiger partial charge >= 0.3 is 0 Å². The van der Waals surface area contributed by atoms with Gasteiger partial charge in [0.1, 0.15) is 17.6 Å². The Labute approximate surface area is 108 Å². The minimum absolute atomic E-state index is 0.00951. The summed E-state index contributed by atoms with van der Waals surface area (Å²) in [6.07, 6.45) is 1.32. The molecule has 1 aromatic carbocycles. The standard InChI is InChI=1S/C14H9F2NO2/c1-8-4-5-19-14(8)13(18)11(7-17)10-3-2-9(15)6-12(10)16/h2-6,11H,1H3. The lowest BCUT2D eigenvalue weighted by atomic mass is 9.93. The summed E-state index contributed by atoms with van der Waals surface area (Å²) in [5, 5.41) is 9.06. The number of ketones is 1. The average Bonchev–Trinajstić information content (AvgIpc) is 2.78. The molecule has 3 nitrogen and oxygen atoms in total. The van der Waals surface area contributed by atoms with E-state index >= 15 is 0 Å². The first-order chi connectivity index (χ1) is 9.04. The van der Waals surface area contributed by atoms with Crippen molar-refractivity contribution in [3.63, 3.8) is 0 Å². The minimum Gasteiger partial charge on any atom is -0.461 e. The van der Waals surface area contributed by atoms with Gasteiger partial charge in [-0.15, -0.1) is 0 Å². The average molecular weight is 261 g/mol. The molecule has 1 heterocycles. The van der Waals surface area contributed by atoms with Crippen LogP contribution in [0.25, 0.3) is 0 Å². The molecule has 0 fully saturated rings. The Hall–Kier alpha value is -2.48. The normalized spacial score (nSPS) is 11.9. The third kappa shape index (κ3) is 2.38. The molecule has 2 rings (SSSR count). The van der Waals surface area contributed by atoms with Gasteiger partial charge in [-0.2, -0.15) is 5.26 Å². The SMILES string of the molecule is Cc1ccoc1C(=O)C(C#N)c1ccc(F)cc1F. The molecule has 0 aliphatic carbocycles. The molecule has 0 saturated heterocycles. The lowest BCUT2D eigenvalue weighted by molar-refractivity contribution is 0.0949. The highest BCUT2D eigenvalue weighted by Crippen LogP contribution is 2.25. The zero-order valence-electron chi connectivity index (χ0n) is 9.98. The maximum atomic E-state index is 13.6. The molecule has 0 N–H and O–H groups in total. The fraction of sp³-hybridized carbons (Fsp3) is 0.143. The number of carbonyl (C=O) groups excluding carboxylic acids is 1. The Morgan fingerprint density at radius 3 is 2.63 bits per heavy atom. The van der Waals surface area contributed by atoms with Gasteiger partial charge < -0.3 is 4.42 Å². The summed E-state index contributed by atoms with van der Waals surface area (Å²) in [6.45, 7) is 1.65. The summed E-state index contributed by atoms with van der Waals surface area (Å²) in [5.41, 5.74) is 0.400. The zero-order valence-corrected chi connectivity index (χ0v) is 9.98. The molecule has 1 aromatic heterocycles. The van der Waals surface area contributed by atoms with Crippen LogP contribution in [0.5, 0.6) is 0 Å². The van der Waals surface area contributed by atoms with Crippen molar-refractivity contribution in [2.45, 2.75) is 12.8 Å². The van der Waals surface area contributed by atoms with Crippen molar-refractivity contribution in [3.05, 3.63) is 59.1 Å². The predicted octanol–water partition coefficient (Wildman–Crippen LogP) is 3.36. The van der Waals surface area contributed by atoms with Crippen LogP contribution in [0.15, 0.2) is 34.9 Å². The van der Waals surface area contributed by atoms with Crippen LogP contribution in [0, 0.1) is 29.9 Å². The largest absolute Gasteiger partial charge is 0.461 e. The van der Waals surface area contributed by atoms with Crippen LogP contribution in [-0.4, -0.2) is 5.78 Å². The van der Waals surface area contributed by atoms with E-state index in [9.17, 15) is 13.6 Å². The summed E-state index contributed by atoms with van der Waals surface area (Å²) in [7, 11) is 0. The van der Waals surface area contributed by atoms with Crippen molar-refractivity contribution in [2.24, 2.45) is 0 Å². The Morgan fingerprint density at radius 2 is 2.11 bits per heavy atom. The molecule has 1 unspecified atom stereocenters. The first-order valence-electron chi connectivity index (χ1n) is 5.47. The number of hydrogen-bond acceptors (Lipinski definition) is 3. The van der Waals surface area contributed by atoms with Crippen molar-refractivity contribution in [3.8, 4) is 6.07 Å². The number of furan rings is 1. The number of Topliss-reactive ketones (excluding diaryl/α,β-unsaturated/α-hetero) is 1. The van der Waals surface area contributed by atoms with Crippen LogP contribution in [0.4, 0.5) is 8.78 Å². The van der Waals surface area contributed by atoms with E-state index in [-0.39, 0.29) is 11.3 Å². The second kappa shape index (κ2) is 5.02. The van der Waals surface area contributed by atoms with Gasteiger partial charge in [-0.3, -0.25) is 4.79 Å². The van der Waals surface area contributed by atoms with Crippen LogP contribution in [0.1, 0.15) is 27.6 Å². The maximum absolute atomic E-state index is 13.6. The summed E-state index contributed by atoms with van der Waals surface area (Å²) in [5.74, 6) is -3.68. The Balaban J connectivity index is 2.44. The number of rotatable bonds is 3. The molecular formula is C14H9F2NO2. The first-order valence-corrected chi connectivity index (χ1v) is 5.47. The molecule has 0 bridgehead atoms. The summed E-state index contributed by atoms with van der Waals surface area (Å²) in [6, 6.07) is 6.03. The maximum Gasteiger partial charge on any atom is 0.219 e. The molecule has 2 aromatic rings. The first kappa shape index (κ1) is 13.0. The van der Waals surface area contributed by atoms with Gasteiger partial charge in [-0.1, -0.05) is 6.07 Å². The molecular weight excluding hydrogens is 252 g/mol. The van der Waals surface area contributed by atoms with E-state index in [1.54, 1.807) is 19.1 Å². The van der Waals surface area contributed by atoms with E-state index in [0.717, 1.165) is 12.1 Å². The number of nitriles is 1. The highest BCUT2D eigenvalue weighted by molar-refractivity contribution is 6.01. The fourth-order valence-electron chi connectivity index (χ4n) is 1.76. The van der Waals surface area contributed by atoms with Crippen molar-refractivity contribution >= 4 is 5.78 Å².